The average Bonchev–Trinajstić information content (AvgIpc) is 3.38. The molecule has 4 heterocycles. The molecule has 2 saturated heterocycles. The number of aromatic nitrogens is 2. The number of aliphatic hydroxyl groups excluding tert-OH is 2. The predicted octanol–water partition coefficient (Wildman–Crippen LogP) is 0.829. The number of halogens is 3. The number of pyridine rings is 1. The van der Waals surface area contributed by atoms with Gasteiger partial charge in [0.05, 0.1) is 25.4 Å². The Morgan fingerprint density at radius 1 is 1.30 bits per heavy atom. The maximum Gasteiger partial charge on any atom is 0.350 e. The summed E-state index contributed by atoms with van der Waals surface area (Å²) in [6, 6.07) is 3.37. The second-order valence-electron chi connectivity index (χ2n) is 7.84. The molecule has 2 aliphatic rings. The van der Waals surface area contributed by atoms with E-state index < -0.39 is 57.4 Å². The van der Waals surface area contributed by atoms with Crippen molar-refractivity contribution >= 4 is 35.9 Å². The van der Waals surface area contributed by atoms with Gasteiger partial charge in [0.2, 0.25) is 0 Å². The van der Waals surface area contributed by atoms with E-state index >= 15 is 0 Å². The summed E-state index contributed by atoms with van der Waals surface area (Å²) in [6.45, 7) is -0.941. The summed E-state index contributed by atoms with van der Waals surface area (Å²) >= 11 is 6.32. The first-order chi connectivity index (χ1) is 15.5. The van der Waals surface area contributed by atoms with E-state index in [1.54, 1.807) is 0 Å². The number of anilines is 1. The highest BCUT2D eigenvalue weighted by molar-refractivity contribution is 7.51. The average molecular weight is 509 g/mol. The predicted molar refractivity (Wildman–Crippen MR) is 110 cm³/mol. The zero-order chi connectivity index (χ0) is 24.1. The fraction of sp³-hybridized carbons (Fsp3) is 0.556. The standard InChI is InChI=1S/C18H20ClF2N4O7P/c19-13-11(3-22)23-17-8(14(13)24-4-9(20)10(21)5-24)1-2-25(17)18-16(27)15(26)12(32-18)6-31-7-33(28,29)30/h1-2,9-10,12,15-16,18,26-27H,4-7H2,(H2,28,29,30)/t9-,10+,12-,15-,16-,18-/m1/s1. The molecule has 33 heavy (non-hydrogen) atoms. The van der Waals surface area contributed by atoms with Gasteiger partial charge in [0.15, 0.2) is 24.3 Å². The van der Waals surface area contributed by atoms with Crippen molar-refractivity contribution in [2.45, 2.75) is 36.9 Å². The molecule has 0 unspecified atom stereocenters. The van der Waals surface area contributed by atoms with Gasteiger partial charge in [-0.1, -0.05) is 11.6 Å². The van der Waals surface area contributed by atoms with Crippen LogP contribution in [0.5, 0.6) is 0 Å². The van der Waals surface area contributed by atoms with E-state index in [9.17, 15) is 28.8 Å². The Balaban J connectivity index is 1.67. The summed E-state index contributed by atoms with van der Waals surface area (Å²) in [5, 5.41) is 30.6. The van der Waals surface area contributed by atoms with Crippen LogP contribution in [-0.4, -0.2) is 86.3 Å². The first-order valence-electron chi connectivity index (χ1n) is 9.79. The van der Waals surface area contributed by atoms with Gasteiger partial charge >= 0.3 is 7.60 Å². The molecule has 0 amide bonds. The van der Waals surface area contributed by atoms with Gasteiger partial charge in [-0.15, -0.1) is 0 Å². The molecule has 0 radical (unpaired) electrons. The molecule has 11 nitrogen and oxygen atoms in total. The van der Waals surface area contributed by atoms with Gasteiger partial charge in [0, 0.05) is 11.6 Å². The highest BCUT2D eigenvalue weighted by atomic mass is 35.5. The van der Waals surface area contributed by atoms with Crippen LogP contribution in [0.4, 0.5) is 14.5 Å². The van der Waals surface area contributed by atoms with Crippen LogP contribution >= 0.6 is 19.2 Å². The highest BCUT2D eigenvalue weighted by Gasteiger charge is 2.45. The van der Waals surface area contributed by atoms with Crippen molar-refractivity contribution in [2.24, 2.45) is 0 Å². The maximum atomic E-state index is 13.8. The van der Waals surface area contributed by atoms with Crippen LogP contribution in [-0.2, 0) is 14.0 Å². The van der Waals surface area contributed by atoms with Crippen LogP contribution < -0.4 is 4.90 Å². The van der Waals surface area contributed by atoms with E-state index in [0.717, 1.165) is 0 Å². The van der Waals surface area contributed by atoms with E-state index in [0.29, 0.717) is 5.39 Å². The summed E-state index contributed by atoms with van der Waals surface area (Å²) in [6.07, 6.45) is -8.12. The van der Waals surface area contributed by atoms with Crippen LogP contribution in [0.15, 0.2) is 12.3 Å². The van der Waals surface area contributed by atoms with E-state index in [1.165, 1.54) is 21.7 Å². The normalized spacial score (nSPS) is 30.3. The lowest BCUT2D eigenvalue weighted by Crippen LogP contribution is -2.33. The Morgan fingerprint density at radius 3 is 2.58 bits per heavy atom. The lowest BCUT2D eigenvalue weighted by atomic mass is 10.1. The van der Waals surface area contributed by atoms with Gasteiger partial charge in [-0.3, -0.25) is 4.57 Å². The fourth-order valence-corrected chi connectivity index (χ4v) is 4.66. The first-order valence-corrected chi connectivity index (χ1v) is 12.0. The molecule has 0 aromatic carbocycles. The minimum atomic E-state index is -4.43. The number of hydrogen-bond acceptors (Lipinski definition) is 8. The number of fused-ring (bicyclic) bond motifs is 1. The third-order valence-electron chi connectivity index (χ3n) is 5.53. The van der Waals surface area contributed by atoms with Crippen molar-refractivity contribution in [3.8, 4) is 6.07 Å². The van der Waals surface area contributed by atoms with Crippen molar-refractivity contribution in [1.29, 1.82) is 5.26 Å². The van der Waals surface area contributed by atoms with Crippen molar-refractivity contribution in [3.63, 3.8) is 0 Å². The molecule has 0 bridgehead atoms. The number of hydrogen-bond donors (Lipinski definition) is 4. The van der Waals surface area contributed by atoms with Gasteiger partial charge in [-0.25, -0.2) is 13.8 Å². The van der Waals surface area contributed by atoms with E-state index in [4.69, 9.17) is 30.9 Å². The molecule has 2 aliphatic heterocycles. The lowest BCUT2D eigenvalue weighted by molar-refractivity contribution is -0.0610. The van der Waals surface area contributed by atoms with Crippen molar-refractivity contribution in [3.05, 3.63) is 23.0 Å². The molecule has 2 aromatic heterocycles. The third kappa shape index (κ3) is 4.58. The molecule has 0 saturated carbocycles. The molecule has 180 valence electrons. The summed E-state index contributed by atoms with van der Waals surface area (Å²) < 4.78 is 50.5. The topological polar surface area (TPSA) is 161 Å². The Morgan fingerprint density at radius 2 is 1.97 bits per heavy atom. The molecule has 0 aliphatic carbocycles. The van der Waals surface area contributed by atoms with Gasteiger partial charge < -0.3 is 38.9 Å². The van der Waals surface area contributed by atoms with Crippen LogP contribution in [0, 0.1) is 11.3 Å². The van der Waals surface area contributed by atoms with E-state index in [-0.39, 0.29) is 35.1 Å². The Labute approximate surface area is 190 Å². The Hall–Kier alpha value is -1.88. The zero-order valence-corrected chi connectivity index (χ0v) is 18.5. The van der Waals surface area contributed by atoms with Crippen LogP contribution in [0.25, 0.3) is 11.0 Å². The van der Waals surface area contributed by atoms with Crippen molar-refractivity contribution < 1.29 is 42.8 Å². The molecule has 0 spiro atoms. The molecule has 6 atom stereocenters. The maximum absolute atomic E-state index is 13.8. The van der Waals surface area contributed by atoms with E-state index in [2.05, 4.69) is 4.98 Å². The zero-order valence-electron chi connectivity index (χ0n) is 16.8. The van der Waals surface area contributed by atoms with E-state index in [1.807, 2.05) is 6.07 Å². The smallest absolute Gasteiger partial charge is 0.350 e. The van der Waals surface area contributed by atoms with Crippen LogP contribution in [0.3, 0.4) is 0 Å². The molecule has 2 fully saturated rings. The summed E-state index contributed by atoms with van der Waals surface area (Å²) in [5.74, 6) is 0. The molecule has 4 rings (SSSR count). The minimum absolute atomic E-state index is 0.0688. The number of nitrogens with zero attached hydrogens (tertiary/aromatic N) is 4. The Bertz CT molecular complexity index is 1130. The Kier molecular flexibility index (Phi) is 6.65. The first kappa shape index (κ1) is 24.3. The molecule has 15 heteroatoms. The van der Waals surface area contributed by atoms with Crippen molar-refractivity contribution in [1.82, 2.24) is 9.55 Å². The van der Waals surface area contributed by atoms with Gasteiger partial charge in [0.1, 0.15) is 41.4 Å². The minimum Gasteiger partial charge on any atom is -0.387 e. The number of alkyl halides is 2. The number of aliphatic hydroxyl groups is 2. The second kappa shape index (κ2) is 9.05. The van der Waals surface area contributed by atoms with Gasteiger partial charge in [-0.05, 0) is 6.07 Å². The number of ether oxygens (including phenoxy) is 2. The molecular formula is C18H20ClF2N4O7P. The quantitative estimate of drug-likeness (QED) is 0.411. The van der Waals surface area contributed by atoms with Gasteiger partial charge in [-0.2, -0.15) is 5.26 Å². The van der Waals surface area contributed by atoms with Crippen LogP contribution in [0.1, 0.15) is 11.9 Å². The molecule has 2 aromatic rings. The summed E-state index contributed by atoms with van der Waals surface area (Å²) in [7, 11) is -4.43. The SMILES string of the molecule is N#Cc1nc2c(ccn2[C@@H]2O[C@H](COCP(=O)(O)O)[C@@H](O)[C@H]2O)c(N2C[C@@H](F)[C@@H](F)C2)c1Cl. The van der Waals surface area contributed by atoms with Crippen LogP contribution in [0.2, 0.25) is 5.02 Å². The summed E-state index contributed by atoms with van der Waals surface area (Å²) in [4.78, 5) is 23.3. The molecule has 4 N–H and O–H groups in total. The molecular weight excluding hydrogens is 489 g/mol. The fourth-order valence-electron chi connectivity index (χ4n) is 4.01. The lowest BCUT2D eigenvalue weighted by Gasteiger charge is -2.22. The third-order valence-corrected chi connectivity index (χ3v) is 6.41. The number of rotatable bonds is 6. The summed E-state index contributed by atoms with van der Waals surface area (Å²) in [5.41, 5.74) is 0.137. The monoisotopic (exact) mass is 508 g/mol. The van der Waals surface area contributed by atoms with Gasteiger partial charge in [0.25, 0.3) is 0 Å². The van der Waals surface area contributed by atoms with Crippen molar-refractivity contribution in [2.75, 3.05) is 30.9 Å². The largest absolute Gasteiger partial charge is 0.387 e. The highest BCUT2D eigenvalue weighted by Crippen LogP contribution is 2.41. The number of nitriles is 1. The second-order valence-corrected chi connectivity index (χ2v) is 9.81.